The van der Waals surface area contributed by atoms with Crippen molar-refractivity contribution in [2.24, 2.45) is 0 Å². The van der Waals surface area contributed by atoms with Crippen LogP contribution in [0.5, 0.6) is 5.75 Å². The van der Waals surface area contributed by atoms with E-state index >= 15 is 0 Å². The molecule has 0 amide bonds. The van der Waals surface area contributed by atoms with Gasteiger partial charge < -0.3 is 10.4 Å². The van der Waals surface area contributed by atoms with Crippen molar-refractivity contribution in [1.82, 2.24) is 10.2 Å². The van der Waals surface area contributed by atoms with Crippen LogP contribution in [-0.4, -0.2) is 36.2 Å². The molecule has 1 aromatic rings. The zero-order valence-electron chi connectivity index (χ0n) is 11.5. The van der Waals surface area contributed by atoms with Gasteiger partial charge in [0.2, 0.25) is 0 Å². The van der Waals surface area contributed by atoms with Gasteiger partial charge in [0.25, 0.3) is 0 Å². The molecule has 1 aliphatic heterocycles. The smallest absolute Gasteiger partial charge is 0.141 e. The fourth-order valence-corrected chi connectivity index (χ4v) is 2.81. The quantitative estimate of drug-likeness (QED) is 0.755. The van der Waals surface area contributed by atoms with Crippen molar-refractivity contribution in [3.05, 3.63) is 40.6 Å². The first kappa shape index (κ1) is 20.7. The Hall–Kier alpha value is -0.330. The molecule has 1 saturated heterocycles. The normalized spacial score (nSPS) is 16.5. The van der Waals surface area contributed by atoms with Gasteiger partial charge in [-0.2, -0.15) is 0 Å². The van der Waals surface area contributed by atoms with Crippen LogP contribution in [-0.2, 0) is 0 Å². The molecule has 7 heteroatoms. The highest BCUT2D eigenvalue weighted by Gasteiger charge is 2.25. The van der Waals surface area contributed by atoms with Gasteiger partial charge in [-0.15, -0.1) is 31.4 Å². The molecule has 0 spiro atoms. The highest BCUT2D eigenvalue weighted by atomic mass is 79.9. The van der Waals surface area contributed by atoms with E-state index in [1.54, 1.807) is 6.07 Å². The second-order valence-electron chi connectivity index (χ2n) is 4.63. The standard InChI is InChI=1S/C14H18BrFN2O.2ClH/c1-2-3-12(18-8-6-17-7-9-18)10-4-5-11(16)13(15)14(10)19;;/h2,4-5,12,17,19H,1,3,6-9H2;2*1H/t12-;;/m1../s1. The van der Waals surface area contributed by atoms with E-state index in [0.29, 0.717) is 0 Å². The predicted molar refractivity (Wildman–Crippen MR) is 92.3 cm³/mol. The molecular weight excluding hydrogens is 382 g/mol. The number of phenolic OH excluding ortho intramolecular Hbond substituents is 1. The molecule has 0 radical (unpaired) electrons. The van der Waals surface area contributed by atoms with Gasteiger partial charge in [0, 0.05) is 37.8 Å². The van der Waals surface area contributed by atoms with Crippen LogP contribution in [0.3, 0.4) is 0 Å². The summed E-state index contributed by atoms with van der Waals surface area (Å²) in [4.78, 5) is 2.29. The molecular formula is C14H20BrCl2FN2O. The number of halogens is 4. The summed E-state index contributed by atoms with van der Waals surface area (Å²) in [7, 11) is 0. The summed E-state index contributed by atoms with van der Waals surface area (Å²) >= 11 is 3.09. The molecule has 2 rings (SSSR count). The Kier molecular flexibility index (Phi) is 9.49. The largest absolute Gasteiger partial charge is 0.506 e. The molecule has 0 aromatic heterocycles. The van der Waals surface area contributed by atoms with Crippen molar-refractivity contribution in [3.8, 4) is 5.75 Å². The Balaban J connectivity index is 0.00000200. The van der Waals surface area contributed by atoms with Crippen LogP contribution in [0.1, 0.15) is 18.0 Å². The average molecular weight is 402 g/mol. The monoisotopic (exact) mass is 400 g/mol. The highest BCUT2D eigenvalue weighted by molar-refractivity contribution is 9.10. The molecule has 21 heavy (non-hydrogen) atoms. The number of rotatable bonds is 4. The number of piperazine rings is 1. The van der Waals surface area contributed by atoms with Crippen LogP contribution >= 0.6 is 40.7 Å². The highest BCUT2D eigenvalue weighted by Crippen LogP contribution is 2.37. The molecule has 120 valence electrons. The lowest BCUT2D eigenvalue weighted by molar-refractivity contribution is 0.171. The molecule has 0 unspecified atom stereocenters. The van der Waals surface area contributed by atoms with Crippen molar-refractivity contribution in [2.75, 3.05) is 26.2 Å². The van der Waals surface area contributed by atoms with Gasteiger partial charge >= 0.3 is 0 Å². The number of hydrogen-bond acceptors (Lipinski definition) is 3. The predicted octanol–water partition coefficient (Wildman–Crippen LogP) is 3.66. The van der Waals surface area contributed by atoms with Gasteiger partial charge in [-0.25, -0.2) is 4.39 Å². The van der Waals surface area contributed by atoms with Gasteiger partial charge in [0.15, 0.2) is 0 Å². The lowest BCUT2D eigenvalue weighted by atomic mass is 10.00. The van der Waals surface area contributed by atoms with E-state index in [9.17, 15) is 9.50 Å². The Morgan fingerprint density at radius 1 is 1.38 bits per heavy atom. The second-order valence-corrected chi connectivity index (χ2v) is 5.42. The zero-order valence-corrected chi connectivity index (χ0v) is 14.7. The summed E-state index contributed by atoms with van der Waals surface area (Å²) in [5.41, 5.74) is 0.745. The van der Waals surface area contributed by atoms with Gasteiger partial charge in [-0.05, 0) is 28.4 Å². The number of benzene rings is 1. The molecule has 2 N–H and O–H groups in total. The van der Waals surface area contributed by atoms with E-state index in [1.165, 1.54) is 6.07 Å². The molecule has 1 aromatic carbocycles. The maximum absolute atomic E-state index is 13.4. The summed E-state index contributed by atoms with van der Waals surface area (Å²) in [6.45, 7) is 7.45. The van der Waals surface area contributed by atoms with E-state index in [1.807, 2.05) is 6.08 Å². The van der Waals surface area contributed by atoms with Crippen LogP contribution in [0.2, 0.25) is 0 Å². The minimum Gasteiger partial charge on any atom is -0.506 e. The van der Waals surface area contributed by atoms with E-state index in [2.05, 4.69) is 32.7 Å². The van der Waals surface area contributed by atoms with Crippen molar-refractivity contribution in [2.45, 2.75) is 12.5 Å². The summed E-state index contributed by atoms with van der Waals surface area (Å²) in [5, 5.41) is 13.4. The Labute approximate surface area is 145 Å². The molecule has 0 aliphatic carbocycles. The summed E-state index contributed by atoms with van der Waals surface area (Å²) in [6, 6.07) is 3.08. The van der Waals surface area contributed by atoms with Crippen molar-refractivity contribution >= 4 is 40.7 Å². The third-order valence-corrected chi connectivity index (χ3v) is 4.20. The Morgan fingerprint density at radius 3 is 2.57 bits per heavy atom. The molecule has 0 saturated carbocycles. The lowest BCUT2D eigenvalue weighted by Crippen LogP contribution is -2.45. The number of hydrogen-bond donors (Lipinski definition) is 2. The van der Waals surface area contributed by atoms with Crippen LogP contribution in [0.4, 0.5) is 4.39 Å². The Morgan fingerprint density at radius 2 is 2.00 bits per heavy atom. The first-order valence-corrected chi connectivity index (χ1v) is 7.17. The number of aromatic hydroxyl groups is 1. The third-order valence-electron chi connectivity index (χ3n) is 3.44. The number of phenols is 1. The zero-order chi connectivity index (χ0) is 13.8. The average Bonchev–Trinajstić information content (AvgIpc) is 2.44. The minimum atomic E-state index is -0.445. The molecule has 3 nitrogen and oxygen atoms in total. The SMILES string of the molecule is C=CC[C@H](c1ccc(F)c(Br)c1O)N1CCNCC1.Cl.Cl. The van der Waals surface area contributed by atoms with Gasteiger partial charge in [-0.3, -0.25) is 4.90 Å². The number of nitrogens with one attached hydrogen (secondary N) is 1. The summed E-state index contributed by atoms with van der Waals surface area (Å²) in [6.07, 6.45) is 2.56. The number of nitrogens with zero attached hydrogens (tertiary/aromatic N) is 1. The lowest BCUT2D eigenvalue weighted by Gasteiger charge is -2.35. The van der Waals surface area contributed by atoms with Crippen LogP contribution in [0, 0.1) is 5.82 Å². The maximum atomic E-state index is 13.4. The van der Waals surface area contributed by atoms with Crippen LogP contribution in [0.25, 0.3) is 0 Å². The van der Waals surface area contributed by atoms with Crippen LogP contribution < -0.4 is 5.32 Å². The van der Waals surface area contributed by atoms with Crippen molar-refractivity contribution in [3.63, 3.8) is 0 Å². The third kappa shape index (κ3) is 4.83. The summed E-state index contributed by atoms with van der Waals surface area (Å²) < 4.78 is 13.5. The topological polar surface area (TPSA) is 35.5 Å². The molecule has 1 heterocycles. The van der Waals surface area contributed by atoms with E-state index < -0.39 is 5.82 Å². The molecule has 0 bridgehead atoms. The second kappa shape index (κ2) is 9.64. The van der Waals surface area contributed by atoms with Crippen molar-refractivity contribution < 1.29 is 9.50 Å². The Bertz CT molecular complexity index is 471. The van der Waals surface area contributed by atoms with Gasteiger partial charge in [-0.1, -0.05) is 12.1 Å². The fourth-order valence-electron chi connectivity index (χ4n) is 2.45. The van der Waals surface area contributed by atoms with Gasteiger partial charge in [0.05, 0.1) is 4.47 Å². The van der Waals surface area contributed by atoms with Crippen LogP contribution in [0.15, 0.2) is 29.3 Å². The maximum Gasteiger partial charge on any atom is 0.141 e. The van der Waals surface area contributed by atoms with Gasteiger partial charge in [0.1, 0.15) is 11.6 Å². The van der Waals surface area contributed by atoms with E-state index in [4.69, 9.17) is 0 Å². The van der Waals surface area contributed by atoms with Crippen molar-refractivity contribution in [1.29, 1.82) is 0 Å². The molecule has 1 aliphatic rings. The van der Waals surface area contributed by atoms with E-state index in [0.717, 1.165) is 38.2 Å². The summed E-state index contributed by atoms with van der Waals surface area (Å²) in [5.74, 6) is -0.454. The molecule has 1 atom stereocenters. The first-order valence-electron chi connectivity index (χ1n) is 6.37. The first-order chi connectivity index (χ1) is 9.15. The van der Waals surface area contributed by atoms with E-state index in [-0.39, 0.29) is 41.1 Å². The molecule has 1 fully saturated rings. The fraction of sp³-hybridized carbons (Fsp3) is 0.429. The minimum absolute atomic E-state index is 0.